The van der Waals surface area contributed by atoms with Gasteiger partial charge in [-0.2, -0.15) is 0 Å². The highest BCUT2D eigenvalue weighted by atomic mass is 16.3. The van der Waals surface area contributed by atoms with Crippen molar-refractivity contribution in [2.75, 3.05) is 13.1 Å². The third kappa shape index (κ3) is 1.21. The molecule has 12 heavy (non-hydrogen) atoms. The van der Waals surface area contributed by atoms with Crippen molar-refractivity contribution in [2.45, 2.75) is 12.0 Å². The van der Waals surface area contributed by atoms with E-state index >= 15 is 0 Å². The molecule has 0 amide bonds. The van der Waals surface area contributed by atoms with Crippen molar-refractivity contribution in [2.24, 2.45) is 0 Å². The van der Waals surface area contributed by atoms with Crippen LogP contribution in [-0.2, 0) is 5.60 Å². The zero-order valence-corrected chi connectivity index (χ0v) is 6.83. The topological polar surface area (TPSA) is 45.2 Å². The second-order valence-corrected chi connectivity index (χ2v) is 3.20. The number of nitrogens with zero attached hydrogens (tertiary/aromatic N) is 1. The van der Waals surface area contributed by atoms with Gasteiger partial charge in [0.2, 0.25) is 0 Å². The van der Waals surface area contributed by atoms with Gasteiger partial charge >= 0.3 is 0 Å². The maximum atomic E-state index is 10.1. The van der Waals surface area contributed by atoms with E-state index in [2.05, 4.69) is 10.3 Å². The minimum Gasteiger partial charge on any atom is -0.384 e. The summed E-state index contributed by atoms with van der Waals surface area (Å²) in [7, 11) is 0. The Labute approximate surface area is 71.4 Å². The van der Waals surface area contributed by atoms with Crippen LogP contribution < -0.4 is 5.32 Å². The van der Waals surface area contributed by atoms with Gasteiger partial charge in [-0.1, -0.05) is 6.07 Å². The Morgan fingerprint density at radius 1 is 1.58 bits per heavy atom. The van der Waals surface area contributed by atoms with E-state index in [1.807, 2.05) is 12.1 Å². The van der Waals surface area contributed by atoms with Gasteiger partial charge < -0.3 is 10.4 Å². The minimum absolute atomic E-state index is 0.638. The summed E-state index contributed by atoms with van der Waals surface area (Å²) < 4.78 is 0. The average molecular weight is 164 g/mol. The molecule has 1 aromatic rings. The fourth-order valence-corrected chi connectivity index (χ4v) is 1.56. The monoisotopic (exact) mass is 164 g/mol. The van der Waals surface area contributed by atoms with Crippen LogP contribution in [0.3, 0.4) is 0 Å². The predicted octanol–water partition coefficient (Wildman–Crippen LogP) is 0.263. The molecule has 1 aliphatic rings. The number of aromatic nitrogens is 1. The molecular formula is C9H12N2O. The van der Waals surface area contributed by atoms with Crippen molar-refractivity contribution in [1.29, 1.82) is 0 Å². The van der Waals surface area contributed by atoms with E-state index < -0.39 is 5.60 Å². The van der Waals surface area contributed by atoms with Crippen LogP contribution in [0.1, 0.15) is 12.0 Å². The summed E-state index contributed by atoms with van der Waals surface area (Å²) in [6.07, 6.45) is 4.22. The summed E-state index contributed by atoms with van der Waals surface area (Å²) in [5.74, 6) is 0. The predicted molar refractivity (Wildman–Crippen MR) is 45.6 cm³/mol. The maximum absolute atomic E-state index is 10.1. The Bertz CT molecular complexity index is 254. The minimum atomic E-state index is -0.686. The highest BCUT2D eigenvalue weighted by molar-refractivity contribution is 5.20. The summed E-state index contributed by atoms with van der Waals surface area (Å²) >= 11 is 0. The average Bonchev–Trinajstić information content (AvgIpc) is 2.55. The maximum Gasteiger partial charge on any atom is 0.105 e. The molecule has 0 saturated carbocycles. The fraction of sp³-hybridized carbons (Fsp3) is 0.444. The number of rotatable bonds is 1. The van der Waals surface area contributed by atoms with Crippen LogP contribution in [0.5, 0.6) is 0 Å². The van der Waals surface area contributed by atoms with Gasteiger partial charge in [0.05, 0.1) is 0 Å². The molecule has 3 heteroatoms. The lowest BCUT2D eigenvalue weighted by Gasteiger charge is -2.20. The molecule has 1 aromatic heterocycles. The molecule has 2 heterocycles. The van der Waals surface area contributed by atoms with E-state index in [1.54, 1.807) is 12.4 Å². The Morgan fingerprint density at radius 2 is 2.50 bits per heavy atom. The smallest absolute Gasteiger partial charge is 0.105 e. The lowest BCUT2D eigenvalue weighted by molar-refractivity contribution is 0.0584. The molecule has 1 fully saturated rings. The van der Waals surface area contributed by atoms with Gasteiger partial charge in [0.1, 0.15) is 5.60 Å². The zero-order chi connectivity index (χ0) is 8.44. The van der Waals surface area contributed by atoms with Gasteiger partial charge in [0, 0.05) is 24.5 Å². The number of pyridine rings is 1. The first kappa shape index (κ1) is 7.71. The Hall–Kier alpha value is -0.930. The first-order valence-electron chi connectivity index (χ1n) is 4.15. The molecule has 0 bridgehead atoms. The summed E-state index contributed by atoms with van der Waals surface area (Å²) in [4.78, 5) is 3.99. The highest BCUT2D eigenvalue weighted by Crippen LogP contribution is 2.26. The van der Waals surface area contributed by atoms with Gasteiger partial charge in [-0.05, 0) is 19.0 Å². The van der Waals surface area contributed by atoms with Crippen LogP contribution in [0.25, 0.3) is 0 Å². The van der Waals surface area contributed by atoms with Crippen molar-refractivity contribution in [3.05, 3.63) is 30.1 Å². The molecule has 1 atom stereocenters. The highest BCUT2D eigenvalue weighted by Gasteiger charge is 2.32. The van der Waals surface area contributed by atoms with Crippen LogP contribution in [0, 0.1) is 0 Å². The van der Waals surface area contributed by atoms with E-state index in [9.17, 15) is 5.11 Å². The van der Waals surface area contributed by atoms with E-state index in [4.69, 9.17) is 0 Å². The SMILES string of the molecule is O[C@@]1(c2cccnc2)CCNC1. The lowest BCUT2D eigenvalue weighted by Crippen LogP contribution is -2.28. The molecule has 3 nitrogen and oxygen atoms in total. The van der Waals surface area contributed by atoms with Crippen LogP contribution >= 0.6 is 0 Å². The summed E-state index contributed by atoms with van der Waals surface area (Å²) in [5, 5.41) is 13.2. The molecule has 0 unspecified atom stereocenters. The first-order valence-corrected chi connectivity index (χ1v) is 4.15. The van der Waals surface area contributed by atoms with Gasteiger partial charge in [0.15, 0.2) is 0 Å². The van der Waals surface area contributed by atoms with E-state index in [1.165, 1.54) is 0 Å². The van der Waals surface area contributed by atoms with E-state index in [0.717, 1.165) is 18.5 Å². The third-order valence-corrected chi connectivity index (χ3v) is 2.33. The standard InChI is InChI=1S/C9H12N2O/c12-9(3-5-11-7-9)8-2-1-4-10-6-8/h1-2,4,6,11-12H,3,5,7H2/t9-/m0/s1. The molecule has 0 radical (unpaired) electrons. The van der Waals surface area contributed by atoms with E-state index in [0.29, 0.717) is 6.54 Å². The van der Waals surface area contributed by atoms with Crippen molar-refractivity contribution in [3.8, 4) is 0 Å². The molecule has 0 aromatic carbocycles. The van der Waals surface area contributed by atoms with E-state index in [-0.39, 0.29) is 0 Å². The molecular weight excluding hydrogens is 152 g/mol. The Balaban J connectivity index is 2.29. The molecule has 2 rings (SSSR count). The van der Waals surface area contributed by atoms with Crippen LogP contribution in [-0.4, -0.2) is 23.2 Å². The second-order valence-electron chi connectivity index (χ2n) is 3.20. The summed E-state index contributed by atoms with van der Waals surface area (Å²) in [6.45, 7) is 1.52. The number of aliphatic hydroxyl groups is 1. The van der Waals surface area contributed by atoms with Gasteiger partial charge in [-0.15, -0.1) is 0 Å². The Kier molecular flexibility index (Phi) is 1.83. The molecule has 64 valence electrons. The number of hydrogen-bond donors (Lipinski definition) is 2. The normalized spacial score (nSPS) is 29.1. The van der Waals surface area contributed by atoms with Crippen LogP contribution in [0.2, 0.25) is 0 Å². The van der Waals surface area contributed by atoms with Crippen molar-refractivity contribution >= 4 is 0 Å². The first-order chi connectivity index (χ1) is 5.81. The molecule has 1 saturated heterocycles. The zero-order valence-electron chi connectivity index (χ0n) is 6.83. The quantitative estimate of drug-likeness (QED) is 0.626. The molecule has 2 N–H and O–H groups in total. The fourth-order valence-electron chi connectivity index (χ4n) is 1.56. The van der Waals surface area contributed by atoms with Crippen molar-refractivity contribution < 1.29 is 5.11 Å². The largest absolute Gasteiger partial charge is 0.384 e. The van der Waals surface area contributed by atoms with Gasteiger partial charge in [0.25, 0.3) is 0 Å². The van der Waals surface area contributed by atoms with Crippen molar-refractivity contribution in [3.63, 3.8) is 0 Å². The molecule has 0 aliphatic carbocycles. The van der Waals surface area contributed by atoms with Gasteiger partial charge in [-0.25, -0.2) is 0 Å². The van der Waals surface area contributed by atoms with Crippen LogP contribution in [0.15, 0.2) is 24.5 Å². The summed E-state index contributed by atoms with van der Waals surface area (Å²) in [6, 6.07) is 3.77. The third-order valence-electron chi connectivity index (χ3n) is 2.33. The van der Waals surface area contributed by atoms with Gasteiger partial charge in [-0.3, -0.25) is 4.98 Å². The van der Waals surface area contributed by atoms with Crippen molar-refractivity contribution in [1.82, 2.24) is 10.3 Å². The number of hydrogen-bond acceptors (Lipinski definition) is 3. The number of β-amino-alcohol motifs (C(OH)–C–C–N with tert-alkyl or cyclic N) is 1. The Morgan fingerprint density at radius 3 is 3.08 bits per heavy atom. The summed E-state index contributed by atoms with van der Waals surface area (Å²) in [5.41, 5.74) is 0.226. The second kappa shape index (κ2) is 2.84. The molecule has 1 aliphatic heterocycles. The molecule has 0 spiro atoms. The number of nitrogens with one attached hydrogen (secondary N) is 1. The van der Waals surface area contributed by atoms with Crippen LogP contribution in [0.4, 0.5) is 0 Å². The lowest BCUT2D eigenvalue weighted by atomic mass is 9.95.